The fourth-order valence-corrected chi connectivity index (χ4v) is 5.16. The van der Waals surface area contributed by atoms with Gasteiger partial charge in [-0.3, -0.25) is 0 Å². The molecule has 0 bridgehead atoms. The van der Waals surface area contributed by atoms with Gasteiger partial charge in [0, 0.05) is 22.9 Å². The highest BCUT2D eigenvalue weighted by Crippen LogP contribution is 2.45. The number of unbranched alkanes of at least 4 members (excludes halogenated alkanes) is 1. The Morgan fingerprint density at radius 2 is 2.10 bits per heavy atom. The number of hydrogen-bond donors (Lipinski definition) is 1. The number of anilines is 2. The minimum absolute atomic E-state index is 0.281. The average Bonchev–Trinajstić information content (AvgIpc) is 2.94. The van der Waals surface area contributed by atoms with Gasteiger partial charge in [0.1, 0.15) is 17.8 Å². The molecule has 2 aromatic carbocycles. The van der Waals surface area contributed by atoms with Gasteiger partial charge in [-0.1, -0.05) is 19.8 Å². The Balaban J connectivity index is 2.02. The van der Waals surface area contributed by atoms with Crippen LogP contribution < -0.4 is 9.64 Å². The zero-order valence-corrected chi connectivity index (χ0v) is 19.1. The molecule has 0 saturated carbocycles. The number of halogens is 2. The smallest absolute Gasteiger partial charge is 0.368 e. The zero-order valence-electron chi connectivity index (χ0n) is 17.4. The van der Waals surface area contributed by atoms with E-state index in [-0.39, 0.29) is 5.82 Å². The Morgan fingerprint density at radius 3 is 2.74 bits per heavy atom. The average molecular weight is 466 g/mol. The van der Waals surface area contributed by atoms with E-state index in [0.717, 1.165) is 52.7 Å². The summed E-state index contributed by atoms with van der Waals surface area (Å²) < 4.78 is 32.3. The van der Waals surface area contributed by atoms with Crippen molar-refractivity contribution >= 4 is 40.9 Å². The molecule has 8 heteroatoms. The van der Waals surface area contributed by atoms with Crippen LogP contribution in [-0.2, 0) is 4.79 Å². The molecular weight excluding hydrogens is 440 g/mol. The maximum atomic E-state index is 13.5. The number of nitrogens with zero attached hydrogens (tertiary/aromatic N) is 1. The van der Waals surface area contributed by atoms with E-state index >= 15 is 0 Å². The molecule has 0 radical (unpaired) electrons. The highest BCUT2D eigenvalue weighted by molar-refractivity contribution is 7.99. The molecule has 0 amide bonds. The second kappa shape index (κ2) is 10.9. The fourth-order valence-electron chi connectivity index (χ4n) is 3.42. The summed E-state index contributed by atoms with van der Waals surface area (Å²) in [6.45, 7) is 2.99. The lowest BCUT2D eigenvalue weighted by molar-refractivity contribution is -0.134. The molecule has 3 rings (SSSR count). The van der Waals surface area contributed by atoms with E-state index in [1.807, 2.05) is 18.4 Å². The molecule has 1 atom stereocenters. The molecule has 0 aromatic heterocycles. The maximum Gasteiger partial charge on any atom is 0.368 e. The molecule has 2 aromatic rings. The van der Waals surface area contributed by atoms with E-state index in [9.17, 15) is 13.6 Å². The highest BCUT2D eigenvalue weighted by atomic mass is 32.2. The van der Waals surface area contributed by atoms with E-state index in [0.29, 0.717) is 17.9 Å². The van der Waals surface area contributed by atoms with E-state index in [1.165, 1.54) is 23.9 Å². The number of carboxylic acid groups (broad SMARTS) is 1. The monoisotopic (exact) mass is 465 g/mol. The van der Waals surface area contributed by atoms with Crippen LogP contribution >= 0.6 is 23.5 Å². The van der Waals surface area contributed by atoms with Gasteiger partial charge in [-0.25, -0.2) is 9.18 Å². The predicted molar refractivity (Wildman–Crippen MR) is 123 cm³/mol. The number of carboxylic acids is 1. The summed E-state index contributed by atoms with van der Waals surface area (Å²) >= 11 is 3.14. The molecule has 0 aliphatic carbocycles. The van der Waals surface area contributed by atoms with Crippen LogP contribution in [0.3, 0.4) is 0 Å². The highest BCUT2D eigenvalue weighted by Gasteiger charge is 2.25. The molecule has 1 aliphatic rings. The maximum absolute atomic E-state index is 13.5. The van der Waals surface area contributed by atoms with Gasteiger partial charge in [0.15, 0.2) is 0 Å². The molecule has 166 valence electrons. The Kier molecular flexibility index (Phi) is 8.26. The van der Waals surface area contributed by atoms with Gasteiger partial charge < -0.3 is 14.7 Å². The van der Waals surface area contributed by atoms with Crippen molar-refractivity contribution in [3.63, 3.8) is 0 Å². The summed E-state index contributed by atoms with van der Waals surface area (Å²) in [6.07, 6.45) is 5.86. The third-order valence-electron chi connectivity index (χ3n) is 5.05. The van der Waals surface area contributed by atoms with Crippen molar-refractivity contribution in [2.75, 3.05) is 23.5 Å². The molecule has 0 unspecified atom stereocenters. The summed E-state index contributed by atoms with van der Waals surface area (Å²) in [4.78, 5) is 14.6. The first-order valence-electron chi connectivity index (χ1n) is 10.1. The molecule has 0 fully saturated rings. The zero-order chi connectivity index (χ0) is 22.4. The van der Waals surface area contributed by atoms with Crippen LogP contribution in [0.4, 0.5) is 20.2 Å². The van der Waals surface area contributed by atoms with Crippen molar-refractivity contribution in [2.24, 2.45) is 5.92 Å². The molecule has 0 spiro atoms. The number of fused-ring (bicyclic) bond motifs is 1. The van der Waals surface area contributed by atoms with Gasteiger partial charge in [0.2, 0.25) is 5.83 Å². The molecule has 0 saturated heterocycles. The minimum Gasteiger partial charge on any atom is -0.476 e. The summed E-state index contributed by atoms with van der Waals surface area (Å²) in [6, 6.07) is 10.3. The number of aliphatic carboxylic acids is 1. The van der Waals surface area contributed by atoms with Gasteiger partial charge in [-0.05, 0) is 55.0 Å². The van der Waals surface area contributed by atoms with Crippen molar-refractivity contribution in [1.82, 2.24) is 0 Å². The van der Waals surface area contributed by atoms with Crippen LogP contribution in [0.1, 0.15) is 26.2 Å². The van der Waals surface area contributed by atoms with E-state index in [1.54, 1.807) is 23.9 Å². The van der Waals surface area contributed by atoms with Crippen molar-refractivity contribution < 1.29 is 23.4 Å². The summed E-state index contributed by atoms with van der Waals surface area (Å²) in [7, 11) is 0. The fraction of sp³-hybridized carbons (Fsp3) is 0.348. The molecule has 1 heterocycles. The van der Waals surface area contributed by atoms with E-state index in [2.05, 4.69) is 11.8 Å². The quantitative estimate of drug-likeness (QED) is 0.261. The largest absolute Gasteiger partial charge is 0.476 e. The Hall–Kier alpha value is -2.19. The number of carbonyl (C=O) groups is 1. The number of ether oxygens (including phenoxy) is 1. The molecule has 1 aliphatic heterocycles. The van der Waals surface area contributed by atoms with Crippen molar-refractivity contribution in [3.8, 4) is 5.75 Å². The lowest BCUT2D eigenvalue weighted by atomic mass is 10.0. The normalized spacial score (nSPS) is 16.6. The van der Waals surface area contributed by atoms with E-state index < -0.39 is 11.8 Å². The van der Waals surface area contributed by atoms with Crippen LogP contribution in [0.2, 0.25) is 0 Å². The van der Waals surface area contributed by atoms with Gasteiger partial charge in [-0.2, -0.15) is 4.39 Å². The summed E-state index contributed by atoms with van der Waals surface area (Å²) in [5.41, 5.74) is 1.89. The Morgan fingerprint density at radius 1 is 1.35 bits per heavy atom. The summed E-state index contributed by atoms with van der Waals surface area (Å²) in [5, 5.41) is 8.73. The molecule has 1 N–H and O–H groups in total. The van der Waals surface area contributed by atoms with Crippen LogP contribution in [0.5, 0.6) is 5.75 Å². The molecule has 31 heavy (non-hydrogen) atoms. The van der Waals surface area contributed by atoms with Crippen LogP contribution in [0.25, 0.3) is 0 Å². The lowest BCUT2D eigenvalue weighted by Gasteiger charge is -2.28. The van der Waals surface area contributed by atoms with Gasteiger partial charge >= 0.3 is 5.97 Å². The molecular formula is C23H25F2NO3S2. The lowest BCUT2D eigenvalue weighted by Crippen LogP contribution is -2.25. The SMILES string of the molecule is CCCC[C@@H]1CSc2cc(O/C=C(\F)C(=O)O)c(SC)cc2N(c2ccc(F)cc2)C1. The van der Waals surface area contributed by atoms with Crippen LogP contribution in [0, 0.1) is 11.7 Å². The van der Waals surface area contributed by atoms with Gasteiger partial charge in [-0.15, -0.1) is 23.5 Å². The topological polar surface area (TPSA) is 49.8 Å². The number of hydrogen-bond acceptors (Lipinski definition) is 5. The second-order valence-corrected chi connectivity index (χ2v) is 9.18. The van der Waals surface area contributed by atoms with Crippen LogP contribution in [-0.4, -0.2) is 29.6 Å². The number of rotatable bonds is 8. The third kappa shape index (κ3) is 5.95. The first-order chi connectivity index (χ1) is 14.9. The third-order valence-corrected chi connectivity index (χ3v) is 7.08. The number of benzene rings is 2. The van der Waals surface area contributed by atoms with Crippen molar-refractivity contribution in [3.05, 3.63) is 54.3 Å². The minimum atomic E-state index is -1.67. The van der Waals surface area contributed by atoms with E-state index in [4.69, 9.17) is 9.84 Å². The van der Waals surface area contributed by atoms with Crippen molar-refractivity contribution in [1.29, 1.82) is 0 Å². The van der Waals surface area contributed by atoms with Crippen molar-refractivity contribution in [2.45, 2.75) is 36.0 Å². The Bertz CT molecular complexity index is 951. The summed E-state index contributed by atoms with van der Waals surface area (Å²) in [5.74, 6) is -1.54. The first-order valence-corrected chi connectivity index (χ1v) is 12.3. The first kappa shape index (κ1) is 23.5. The number of thioether (sulfide) groups is 2. The Labute approximate surface area is 189 Å². The van der Waals surface area contributed by atoms with Crippen LogP contribution in [0.15, 0.2) is 58.3 Å². The van der Waals surface area contributed by atoms with Gasteiger partial charge in [0.05, 0.1) is 10.6 Å². The predicted octanol–water partition coefficient (Wildman–Crippen LogP) is 6.87. The molecule has 4 nitrogen and oxygen atoms in total. The standard InChI is InChI=1S/C23H25F2NO3S2/c1-3-4-5-15-12-26(17-8-6-16(24)7-9-17)19-10-22(30-2)20(11-21(19)31-14-15)29-13-18(25)23(27)28/h6-11,13,15H,3-5,12,14H2,1-2H3,(H,27,28)/b18-13-/t15-/m0/s1. The van der Waals surface area contributed by atoms with Gasteiger partial charge in [0.25, 0.3) is 0 Å². The second-order valence-electron chi connectivity index (χ2n) is 7.27.